The first-order chi connectivity index (χ1) is 12.6. The SMILES string of the molecule is COc1cccc(CNC(=O)C2NNNC2c2ccc(F)cc2)c1OC. The Kier molecular flexibility index (Phi) is 5.67. The first-order valence-electron chi connectivity index (χ1n) is 8.13. The molecule has 138 valence electrons. The van der Waals surface area contributed by atoms with E-state index >= 15 is 0 Å². The minimum absolute atomic E-state index is 0.207. The van der Waals surface area contributed by atoms with E-state index in [2.05, 4.69) is 21.7 Å². The van der Waals surface area contributed by atoms with Crippen molar-refractivity contribution in [1.29, 1.82) is 0 Å². The molecule has 1 saturated heterocycles. The Morgan fingerprint density at radius 3 is 2.58 bits per heavy atom. The summed E-state index contributed by atoms with van der Waals surface area (Å²) in [6, 6.07) is 10.6. The quantitative estimate of drug-likeness (QED) is 0.619. The first-order valence-corrected chi connectivity index (χ1v) is 8.13. The number of hydrazine groups is 2. The number of carbonyl (C=O) groups excluding carboxylic acids is 1. The lowest BCUT2D eigenvalue weighted by atomic mass is 10.00. The number of benzene rings is 2. The highest BCUT2D eigenvalue weighted by Crippen LogP contribution is 2.30. The molecule has 2 unspecified atom stereocenters. The number of amides is 1. The molecule has 2 aromatic rings. The average molecular weight is 360 g/mol. The fraction of sp³-hybridized carbons (Fsp3) is 0.278. The molecule has 3 rings (SSSR count). The van der Waals surface area contributed by atoms with E-state index in [0.717, 1.165) is 11.1 Å². The van der Waals surface area contributed by atoms with Crippen LogP contribution in [0, 0.1) is 5.82 Å². The lowest BCUT2D eigenvalue weighted by molar-refractivity contribution is -0.123. The predicted molar refractivity (Wildman–Crippen MR) is 93.7 cm³/mol. The van der Waals surface area contributed by atoms with Gasteiger partial charge in [0, 0.05) is 12.1 Å². The molecule has 4 N–H and O–H groups in total. The zero-order valence-electron chi connectivity index (χ0n) is 14.5. The third-order valence-corrected chi connectivity index (χ3v) is 4.24. The Morgan fingerprint density at radius 2 is 1.88 bits per heavy atom. The summed E-state index contributed by atoms with van der Waals surface area (Å²) in [5, 5.41) is 2.89. The number of ether oxygens (including phenoxy) is 2. The maximum atomic E-state index is 13.1. The van der Waals surface area contributed by atoms with Gasteiger partial charge in [-0.2, -0.15) is 5.53 Å². The number of para-hydroxylation sites is 1. The van der Waals surface area contributed by atoms with Crippen molar-refractivity contribution in [2.24, 2.45) is 0 Å². The van der Waals surface area contributed by atoms with Gasteiger partial charge in [0.15, 0.2) is 11.5 Å². The number of methoxy groups -OCH3 is 2. The maximum absolute atomic E-state index is 13.1. The third-order valence-electron chi connectivity index (χ3n) is 4.24. The highest BCUT2D eigenvalue weighted by Gasteiger charge is 2.33. The molecule has 2 atom stereocenters. The Labute approximate surface area is 150 Å². The molecule has 1 aliphatic rings. The molecule has 26 heavy (non-hydrogen) atoms. The lowest BCUT2D eigenvalue weighted by Crippen LogP contribution is -2.44. The van der Waals surface area contributed by atoms with E-state index in [-0.39, 0.29) is 24.3 Å². The van der Waals surface area contributed by atoms with E-state index in [1.807, 2.05) is 12.1 Å². The molecule has 1 fully saturated rings. The second-order valence-electron chi connectivity index (χ2n) is 5.79. The van der Waals surface area contributed by atoms with Crippen molar-refractivity contribution >= 4 is 5.91 Å². The second-order valence-corrected chi connectivity index (χ2v) is 5.79. The smallest absolute Gasteiger partial charge is 0.240 e. The zero-order chi connectivity index (χ0) is 18.5. The van der Waals surface area contributed by atoms with Crippen molar-refractivity contribution in [1.82, 2.24) is 21.7 Å². The Morgan fingerprint density at radius 1 is 1.12 bits per heavy atom. The summed E-state index contributed by atoms with van der Waals surface area (Å²) in [4.78, 5) is 12.6. The number of carbonyl (C=O) groups is 1. The van der Waals surface area contributed by atoms with Crippen LogP contribution in [0.3, 0.4) is 0 Å². The van der Waals surface area contributed by atoms with Gasteiger partial charge in [-0.25, -0.2) is 15.2 Å². The van der Waals surface area contributed by atoms with Crippen LogP contribution in [-0.4, -0.2) is 26.2 Å². The number of rotatable bonds is 6. The molecule has 0 radical (unpaired) electrons. The Bertz CT molecular complexity index is 770. The number of hydrogen-bond donors (Lipinski definition) is 4. The van der Waals surface area contributed by atoms with Crippen molar-refractivity contribution < 1.29 is 18.7 Å². The van der Waals surface area contributed by atoms with Gasteiger partial charge in [0.25, 0.3) is 0 Å². The molecule has 0 aliphatic carbocycles. The van der Waals surface area contributed by atoms with Crippen LogP contribution in [0.1, 0.15) is 17.2 Å². The molecule has 7 nitrogen and oxygen atoms in total. The van der Waals surface area contributed by atoms with E-state index in [4.69, 9.17) is 9.47 Å². The van der Waals surface area contributed by atoms with E-state index in [9.17, 15) is 9.18 Å². The number of nitrogens with one attached hydrogen (secondary N) is 4. The molecule has 1 amide bonds. The number of halogens is 1. The van der Waals surface area contributed by atoms with Gasteiger partial charge in [-0.15, -0.1) is 0 Å². The number of hydrogen-bond acceptors (Lipinski definition) is 6. The van der Waals surface area contributed by atoms with Crippen LogP contribution >= 0.6 is 0 Å². The summed E-state index contributed by atoms with van der Waals surface area (Å²) >= 11 is 0. The summed E-state index contributed by atoms with van der Waals surface area (Å²) in [6.07, 6.45) is 0. The normalized spacial score (nSPS) is 19.2. The highest BCUT2D eigenvalue weighted by atomic mass is 19.1. The van der Waals surface area contributed by atoms with Crippen molar-refractivity contribution in [3.63, 3.8) is 0 Å². The molecule has 0 saturated carbocycles. The largest absolute Gasteiger partial charge is 0.493 e. The second kappa shape index (κ2) is 8.13. The first kappa shape index (κ1) is 18.1. The molecular formula is C18H21FN4O3. The predicted octanol–water partition coefficient (Wildman–Crippen LogP) is 1.18. The topological polar surface area (TPSA) is 83.7 Å². The van der Waals surface area contributed by atoms with Crippen LogP contribution in [-0.2, 0) is 11.3 Å². The summed E-state index contributed by atoms with van der Waals surface area (Å²) < 4.78 is 23.8. The molecular weight excluding hydrogens is 339 g/mol. The molecule has 0 aromatic heterocycles. The van der Waals surface area contributed by atoms with Crippen LogP contribution in [0.15, 0.2) is 42.5 Å². The minimum Gasteiger partial charge on any atom is -0.493 e. The van der Waals surface area contributed by atoms with Crippen LogP contribution in [0.5, 0.6) is 11.5 Å². The third kappa shape index (κ3) is 3.77. The van der Waals surface area contributed by atoms with E-state index in [1.54, 1.807) is 32.4 Å². The van der Waals surface area contributed by atoms with Crippen molar-refractivity contribution in [3.8, 4) is 11.5 Å². The van der Waals surface area contributed by atoms with E-state index < -0.39 is 6.04 Å². The fourth-order valence-electron chi connectivity index (χ4n) is 2.91. The lowest BCUT2D eigenvalue weighted by Gasteiger charge is -2.19. The maximum Gasteiger partial charge on any atom is 0.240 e. The van der Waals surface area contributed by atoms with Gasteiger partial charge >= 0.3 is 0 Å². The zero-order valence-corrected chi connectivity index (χ0v) is 14.5. The molecule has 1 heterocycles. The van der Waals surface area contributed by atoms with Gasteiger partial charge in [0.05, 0.1) is 20.3 Å². The Balaban J connectivity index is 1.69. The summed E-state index contributed by atoms with van der Waals surface area (Å²) in [5.74, 6) is 0.660. The molecule has 0 bridgehead atoms. The molecule has 2 aromatic carbocycles. The summed E-state index contributed by atoms with van der Waals surface area (Å²) in [6.45, 7) is 0.285. The molecule has 8 heteroatoms. The molecule has 1 aliphatic heterocycles. The standard InChI is InChI=1S/C18H21FN4O3/c1-25-14-5-3-4-12(17(14)26-2)10-20-18(24)16-15(21-23-22-16)11-6-8-13(19)9-7-11/h3-9,15-16,21-23H,10H2,1-2H3,(H,20,24). The summed E-state index contributed by atoms with van der Waals surface area (Å²) in [7, 11) is 3.12. The minimum atomic E-state index is -0.558. The van der Waals surface area contributed by atoms with Crippen molar-refractivity contribution in [2.75, 3.05) is 14.2 Å². The average Bonchev–Trinajstić information content (AvgIpc) is 3.16. The fourth-order valence-corrected chi connectivity index (χ4v) is 2.91. The van der Waals surface area contributed by atoms with Gasteiger partial charge in [0.1, 0.15) is 11.9 Å². The highest BCUT2D eigenvalue weighted by molar-refractivity contribution is 5.83. The van der Waals surface area contributed by atoms with Crippen LogP contribution in [0.4, 0.5) is 4.39 Å². The van der Waals surface area contributed by atoms with Gasteiger partial charge in [-0.05, 0) is 23.8 Å². The van der Waals surface area contributed by atoms with Gasteiger partial charge < -0.3 is 14.8 Å². The van der Waals surface area contributed by atoms with Crippen molar-refractivity contribution in [3.05, 3.63) is 59.4 Å². The van der Waals surface area contributed by atoms with E-state index in [0.29, 0.717) is 11.5 Å². The Hall–Kier alpha value is -2.68. The van der Waals surface area contributed by atoms with Gasteiger partial charge in [-0.3, -0.25) is 4.79 Å². The molecule has 0 spiro atoms. The van der Waals surface area contributed by atoms with Crippen LogP contribution in [0.25, 0.3) is 0 Å². The van der Waals surface area contributed by atoms with Crippen molar-refractivity contribution in [2.45, 2.75) is 18.6 Å². The van der Waals surface area contributed by atoms with Gasteiger partial charge in [0.2, 0.25) is 5.91 Å². The van der Waals surface area contributed by atoms with Crippen LogP contribution < -0.4 is 31.2 Å². The van der Waals surface area contributed by atoms with E-state index in [1.165, 1.54) is 12.1 Å². The van der Waals surface area contributed by atoms with Gasteiger partial charge in [-0.1, -0.05) is 24.3 Å². The summed E-state index contributed by atoms with van der Waals surface area (Å²) in [5.41, 5.74) is 10.2. The monoisotopic (exact) mass is 360 g/mol. The van der Waals surface area contributed by atoms with Crippen LogP contribution in [0.2, 0.25) is 0 Å².